The highest BCUT2D eigenvalue weighted by atomic mass is 16.6. The molecule has 2 rings (SSSR count). The summed E-state index contributed by atoms with van der Waals surface area (Å²) in [6.07, 6.45) is 0.405. The van der Waals surface area contributed by atoms with Crippen molar-refractivity contribution in [3.63, 3.8) is 0 Å². The lowest BCUT2D eigenvalue weighted by Gasteiger charge is -2.11. The van der Waals surface area contributed by atoms with Crippen molar-refractivity contribution in [3.05, 3.63) is 54.0 Å². The molecule has 0 bridgehead atoms. The van der Waals surface area contributed by atoms with Gasteiger partial charge in [0.2, 0.25) is 0 Å². The smallest absolute Gasteiger partial charge is 0.346 e. The molecule has 1 heterocycles. The maximum absolute atomic E-state index is 11.9. The van der Waals surface area contributed by atoms with E-state index < -0.39 is 23.9 Å². The van der Waals surface area contributed by atoms with E-state index in [1.807, 2.05) is 0 Å². The molecule has 1 N–H and O–H groups in total. The van der Waals surface area contributed by atoms with Crippen LogP contribution < -0.4 is 5.32 Å². The molecule has 0 unspecified atom stereocenters. The number of hydrogen-bond donors (Lipinski definition) is 1. The summed E-state index contributed by atoms with van der Waals surface area (Å²) in [4.78, 5) is 34.9. The lowest BCUT2D eigenvalue weighted by molar-refractivity contribution is -0.149. The van der Waals surface area contributed by atoms with Gasteiger partial charge >= 0.3 is 11.9 Å². The van der Waals surface area contributed by atoms with E-state index in [-0.39, 0.29) is 11.3 Å². The summed E-state index contributed by atoms with van der Waals surface area (Å²) in [6, 6.07) is 9.18. The Morgan fingerprint density at radius 2 is 1.83 bits per heavy atom. The number of rotatable bonds is 5. The van der Waals surface area contributed by atoms with Crippen LogP contribution in [0.25, 0.3) is 0 Å². The molecule has 0 aliphatic carbocycles. The molecule has 23 heavy (non-hydrogen) atoms. The molecule has 120 valence electrons. The maximum Gasteiger partial charge on any atom is 0.346 e. The molecule has 0 saturated carbocycles. The zero-order chi connectivity index (χ0) is 16.8. The van der Waals surface area contributed by atoms with Crippen LogP contribution >= 0.6 is 0 Å². The van der Waals surface area contributed by atoms with Gasteiger partial charge < -0.3 is 19.2 Å². The summed E-state index contributed by atoms with van der Waals surface area (Å²) in [5, 5.41) is 2.62. The summed E-state index contributed by atoms with van der Waals surface area (Å²) < 4.78 is 14.4. The second-order valence-electron chi connectivity index (χ2n) is 4.58. The second-order valence-corrected chi connectivity index (χ2v) is 4.58. The zero-order valence-electron chi connectivity index (χ0n) is 12.6. The number of carbonyl (C=O) groups is 3. The molecule has 1 amide bonds. The Morgan fingerprint density at radius 3 is 2.39 bits per heavy atom. The Labute approximate surface area is 132 Å². The van der Waals surface area contributed by atoms with Crippen LogP contribution in [0.2, 0.25) is 0 Å². The van der Waals surface area contributed by atoms with Crippen LogP contribution in [0.15, 0.2) is 47.1 Å². The molecule has 1 atom stereocenters. The van der Waals surface area contributed by atoms with Crippen LogP contribution in [-0.4, -0.2) is 31.1 Å². The van der Waals surface area contributed by atoms with Gasteiger partial charge in [-0.3, -0.25) is 4.79 Å². The first-order valence-corrected chi connectivity index (χ1v) is 6.75. The minimum absolute atomic E-state index is 0.181. The number of anilines is 1. The molecule has 1 aromatic heterocycles. The Hall–Kier alpha value is -3.09. The summed E-state index contributed by atoms with van der Waals surface area (Å²) >= 11 is 0. The Morgan fingerprint density at radius 1 is 1.13 bits per heavy atom. The number of benzene rings is 1. The molecule has 0 spiro atoms. The van der Waals surface area contributed by atoms with Crippen molar-refractivity contribution >= 4 is 23.5 Å². The molecule has 7 heteroatoms. The van der Waals surface area contributed by atoms with Crippen molar-refractivity contribution in [1.82, 2.24) is 0 Å². The predicted molar refractivity (Wildman–Crippen MR) is 80.0 cm³/mol. The van der Waals surface area contributed by atoms with E-state index in [1.54, 1.807) is 18.2 Å². The monoisotopic (exact) mass is 317 g/mol. The van der Waals surface area contributed by atoms with Crippen molar-refractivity contribution < 1.29 is 28.3 Å². The van der Waals surface area contributed by atoms with E-state index in [0.717, 1.165) is 0 Å². The van der Waals surface area contributed by atoms with Gasteiger partial charge in [0.1, 0.15) is 0 Å². The van der Waals surface area contributed by atoms with E-state index in [4.69, 9.17) is 9.15 Å². The van der Waals surface area contributed by atoms with Crippen LogP contribution in [0, 0.1) is 0 Å². The minimum Gasteiger partial charge on any atom is -0.466 e. The summed E-state index contributed by atoms with van der Waals surface area (Å²) in [6.45, 7) is 1.42. The Bertz CT molecular complexity index is 690. The van der Waals surface area contributed by atoms with Gasteiger partial charge in [-0.05, 0) is 43.3 Å². The third kappa shape index (κ3) is 4.19. The number of amides is 1. The zero-order valence-corrected chi connectivity index (χ0v) is 12.6. The van der Waals surface area contributed by atoms with Crippen molar-refractivity contribution in [2.24, 2.45) is 0 Å². The number of furan rings is 1. The molecular weight excluding hydrogens is 302 g/mol. The van der Waals surface area contributed by atoms with Crippen molar-refractivity contribution in [2.45, 2.75) is 13.0 Å². The van der Waals surface area contributed by atoms with E-state index >= 15 is 0 Å². The van der Waals surface area contributed by atoms with Crippen LogP contribution in [0.1, 0.15) is 27.8 Å². The van der Waals surface area contributed by atoms with Crippen LogP contribution in [-0.2, 0) is 14.3 Å². The second kappa shape index (κ2) is 7.26. The van der Waals surface area contributed by atoms with Gasteiger partial charge in [-0.2, -0.15) is 0 Å². The molecule has 0 fully saturated rings. The molecular formula is C16H15NO6. The highest BCUT2D eigenvalue weighted by molar-refractivity contribution is 6.02. The third-order valence-electron chi connectivity index (χ3n) is 2.94. The third-order valence-corrected chi connectivity index (χ3v) is 2.94. The number of carbonyl (C=O) groups excluding carboxylic acids is 3. The number of methoxy groups -OCH3 is 1. The summed E-state index contributed by atoms with van der Waals surface area (Å²) in [5.74, 6) is -1.52. The van der Waals surface area contributed by atoms with Gasteiger partial charge in [-0.25, -0.2) is 9.59 Å². The van der Waals surface area contributed by atoms with E-state index in [1.165, 1.54) is 38.5 Å². The standard InChI is InChI=1S/C16H15NO6/c1-10(15(19)21-2)23-16(20)11-5-7-12(8-6-11)17-14(18)13-4-3-9-22-13/h3-10H,1-2H3,(H,17,18)/t10-/m0/s1. The van der Waals surface area contributed by atoms with E-state index in [0.29, 0.717) is 5.69 Å². The van der Waals surface area contributed by atoms with Crippen molar-refractivity contribution in [1.29, 1.82) is 0 Å². The van der Waals surface area contributed by atoms with E-state index in [2.05, 4.69) is 10.1 Å². The lowest BCUT2D eigenvalue weighted by Crippen LogP contribution is -2.25. The van der Waals surface area contributed by atoms with Crippen molar-refractivity contribution in [3.8, 4) is 0 Å². The molecule has 0 aliphatic heterocycles. The van der Waals surface area contributed by atoms with Crippen LogP contribution in [0.5, 0.6) is 0 Å². The number of esters is 2. The Kier molecular flexibility index (Phi) is 5.14. The quantitative estimate of drug-likeness (QED) is 0.850. The molecule has 0 aliphatic rings. The highest BCUT2D eigenvalue weighted by Crippen LogP contribution is 2.13. The normalized spacial score (nSPS) is 11.4. The number of nitrogens with one attached hydrogen (secondary N) is 1. The fourth-order valence-corrected chi connectivity index (χ4v) is 1.73. The van der Waals surface area contributed by atoms with Gasteiger partial charge in [-0.1, -0.05) is 0 Å². The van der Waals surface area contributed by atoms with Gasteiger partial charge in [0.05, 0.1) is 18.9 Å². The summed E-state index contributed by atoms with van der Waals surface area (Å²) in [5.41, 5.74) is 0.737. The average Bonchev–Trinajstić information content (AvgIpc) is 3.09. The molecule has 2 aromatic rings. The van der Waals surface area contributed by atoms with Gasteiger partial charge in [-0.15, -0.1) is 0 Å². The molecule has 0 saturated heterocycles. The highest BCUT2D eigenvalue weighted by Gasteiger charge is 2.19. The number of ether oxygens (including phenoxy) is 2. The molecule has 0 radical (unpaired) electrons. The largest absolute Gasteiger partial charge is 0.466 e. The fraction of sp³-hybridized carbons (Fsp3) is 0.188. The van der Waals surface area contributed by atoms with Gasteiger partial charge in [0.15, 0.2) is 11.9 Å². The lowest BCUT2D eigenvalue weighted by atomic mass is 10.2. The molecule has 1 aromatic carbocycles. The van der Waals surface area contributed by atoms with Crippen molar-refractivity contribution in [2.75, 3.05) is 12.4 Å². The minimum atomic E-state index is -0.995. The first-order chi connectivity index (χ1) is 11.0. The topological polar surface area (TPSA) is 94.8 Å². The summed E-state index contributed by atoms with van der Waals surface area (Å²) in [7, 11) is 1.21. The average molecular weight is 317 g/mol. The SMILES string of the molecule is COC(=O)[C@H](C)OC(=O)c1ccc(NC(=O)c2ccco2)cc1. The van der Waals surface area contributed by atoms with Gasteiger partial charge in [0.25, 0.3) is 5.91 Å². The fourth-order valence-electron chi connectivity index (χ4n) is 1.73. The van der Waals surface area contributed by atoms with E-state index in [9.17, 15) is 14.4 Å². The van der Waals surface area contributed by atoms with Crippen LogP contribution in [0.3, 0.4) is 0 Å². The first kappa shape index (κ1) is 16.3. The predicted octanol–water partition coefficient (Wildman–Crippen LogP) is 2.25. The maximum atomic E-state index is 11.9. The first-order valence-electron chi connectivity index (χ1n) is 6.75. The Balaban J connectivity index is 1.97. The number of hydrogen-bond acceptors (Lipinski definition) is 6. The molecule has 7 nitrogen and oxygen atoms in total. The van der Waals surface area contributed by atoms with Crippen LogP contribution in [0.4, 0.5) is 5.69 Å². The van der Waals surface area contributed by atoms with Gasteiger partial charge in [0, 0.05) is 5.69 Å².